The molecule has 8 N–H and O–H groups in total. The molecule has 0 aliphatic rings. The Morgan fingerprint density at radius 2 is 1.57 bits per heavy atom. The van der Waals surface area contributed by atoms with E-state index in [-0.39, 0.29) is 23.6 Å². The highest BCUT2D eigenvalue weighted by molar-refractivity contribution is 6.30. The standard InChI is InChI=1S/C19H20N8O3/c20-10-15(27-23)9-16(17(21)28)25-19(30)12-1-5-13(6-2-12)24-18(29)11-3-7-14(26-22)8-4-11/h1-8,10,16,20,22H,9,23H2,(H2,21,28)(H,24,29)(H,25,30)/b20-10?,26-22?,27-15-. The van der Waals surface area contributed by atoms with Crippen molar-refractivity contribution in [2.45, 2.75) is 12.5 Å². The van der Waals surface area contributed by atoms with E-state index in [0.29, 0.717) is 16.9 Å². The van der Waals surface area contributed by atoms with Gasteiger partial charge in [-0.05, 0) is 48.5 Å². The molecule has 0 radical (unpaired) electrons. The molecule has 11 nitrogen and oxygen atoms in total. The normalized spacial score (nSPS) is 11.8. The predicted octanol–water partition coefficient (Wildman–Crippen LogP) is 1.54. The number of hydrogen-bond acceptors (Lipinski definition) is 8. The summed E-state index contributed by atoms with van der Waals surface area (Å²) in [5, 5.41) is 18.9. The van der Waals surface area contributed by atoms with Gasteiger partial charge in [-0.1, -0.05) is 0 Å². The molecule has 0 spiro atoms. The minimum Gasteiger partial charge on any atom is -0.368 e. The van der Waals surface area contributed by atoms with Gasteiger partial charge in [-0.25, -0.2) is 5.53 Å². The van der Waals surface area contributed by atoms with Gasteiger partial charge in [0, 0.05) is 29.4 Å². The maximum atomic E-state index is 12.4. The molecule has 0 aliphatic heterocycles. The predicted molar refractivity (Wildman–Crippen MR) is 111 cm³/mol. The molecule has 1 atom stereocenters. The van der Waals surface area contributed by atoms with E-state index in [9.17, 15) is 14.4 Å². The van der Waals surface area contributed by atoms with Gasteiger partial charge < -0.3 is 27.6 Å². The van der Waals surface area contributed by atoms with Crippen molar-refractivity contribution in [1.29, 1.82) is 10.9 Å². The van der Waals surface area contributed by atoms with E-state index in [1.165, 1.54) is 24.3 Å². The van der Waals surface area contributed by atoms with E-state index < -0.39 is 17.9 Å². The molecule has 0 aliphatic carbocycles. The maximum Gasteiger partial charge on any atom is 0.255 e. The van der Waals surface area contributed by atoms with Crippen LogP contribution in [0, 0.1) is 10.9 Å². The van der Waals surface area contributed by atoms with Crippen LogP contribution in [0.25, 0.3) is 0 Å². The average molecular weight is 408 g/mol. The molecule has 0 heterocycles. The molecule has 2 aromatic carbocycles. The Bertz CT molecular complexity index is 984. The fraction of sp³-hybridized carbons (Fsp3) is 0.105. The number of nitrogens with zero attached hydrogens (tertiary/aromatic N) is 2. The minimum atomic E-state index is -1.08. The molecule has 0 saturated carbocycles. The highest BCUT2D eigenvalue weighted by Crippen LogP contribution is 2.15. The zero-order valence-corrected chi connectivity index (χ0v) is 15.8. The van der Waals surface area contributed by atoms with Gasteiger partial charge in [-0.2, -0.15) is 10.2 Å². The molecule has 0 aromatic heterocycles. The molecule has 154 valence electrons. The van der Waals surface area contributed by atoms with Crippen LogP contribution in [0.15, 0.2) is 58.7 Å². The topological polar surface area (TPSA) is 200 Å². The second-order valence-electron chi connectivity index (χ2n) is 6.09. The molecule has 0 saturated heterocycles. The average Bonchev–Trinajstić information content (AvgIpc) is 2.76. The Balaban J connectivity index is 2.03. The first-order valence-electron chi connectivity index (χ1n) is 8.64. The number of nitrogens with one attached hydrogen (secondary N) is 4. The van der Waals surface area contributed by atoms with E-state index in [4.69, 9.17) is 22.5 Å². The van der Waals surface area contributed by atoms with Crippen molar-refractivity contribution in [3.05, 3.63) is 59.7 Å². The molecule has 2 aromatic rings. The molecule has 1 unspecified atom stereocenters. The summed E-state index contributed by atoms with van der Waals surface area (Å²) in [6.07, 6.45) is 0.760. The molecular formula is C19H20N8O3. The van der Waals surface area contributed by atoms with Gasteiger partial charge in [0.15, 0.2) is 0 Å². The van der Waals surface area contributed by atoms with Crippen molar-refractivity contribution in [1.82, 2.24) is 5.32 Å². The van der Waals surface area contributed by atoms with Crippen LogP contribution in [0.1, 0.15) is 27.1 Å². The van der Waals surface area contributed by atoms with Crippen molar-refractivity contribution in [2.75, 3.05) is 5.32 Å². The first kappa shape index (κ1) is 21.9. The van der Waals surface area contributed by atoms with Crippen molar-refractivity contribution in [3.63, 3.8) is 0 Å². The van der Waals surface area contributed by atoms with Crippen LogP contribution in [-0.4, -0.2) is 35.7 Å². The molecule has 0 bridgehead atoms. The first-order valence-corrected chi connectivity index (χ1v) is 8.64. The number of benzene rings is 2. The van der Waals surface area contributed by atoms with E-state index in [0.717, 1.165) is 6.21 Å². The summed E-state index contributed by atoms with van der Waals surface area (Å²) in [6, 6.07) is 11.1. The van der Waals surface area contributed by atoms with Crippen LogP contribution in [0.4, 0.5) is 11.4 Å². The van der Waals surface area contributed by atoms with Crippen LogP contribution < -0.4 is 22.2 Å². The smallest absolute Gasteiger partial charge is 0.255 e. The lowest BCUT2D eigenvalue weighted by Gasteiger charge is -2.15. The Morgan fingerprint density at radius 1 is 1.00 bits per heavy atom. The number of carbonyl (C=O) groups is 3. The van der Waals surface area contributed by atoms with E-state index in [1.807, 2.05) is 0 Å². The minimum absolute atomic E-state index is 0.0987. The quantitative estimate of drug-likeness (QED) is 0.158. The van der Waals surface area contributed by atoms with Crippen molar-refractivity contribution in [3.8, 4) is 0 Å². The number of hydrazone groups is 1. The third kappa shape index (κ3) is 5.79. The monoisotopic (exact) mass is 408 g/mol. The number of amides is 3. The molecule has 0 fully saturated rings. The largest absolute Gasteiger partial charge is 0.368 e. The molecular weight excluding hydrogens is 388 g/mol. The molecule has 11 heteroatoms. The summed E-state index contributed by atoms with van der Waals surface area (Å²) in [5.41, 5.74) is 13.8. The van der Waals surface area contributed by atoms with Gasteiger partial charge in [-0.15, -0.1) is 0 Å². The fourth-order valence-electron chi connectivity index (χ4n) is 2.42. The highest BCUT2D eigenvalue weighted by Gasteiger charge is 2.20. The summed E-state index contributed by atoms with van der Waals surface area (Å²) in [6.45, 7) is 0. The summed E-state index contributed by atoms with van der Waals surface area (Å²) in [5.74, 6) is 3.39. The SMILES string of the molecule is N=C/C(CC(NC(=O)c1ccc(NC(=O)c2ccc(N=N)cc2)cc1)C(N)=O)=N\N. The van der Waals surface area contributed by atoms with Gasteiger partial charge in [-0.3, -0.25) is 14.4 Å². The van der Waals surface area contributed by atoms with Gasteiger partial charge in [0.1, 0.15) is 6.04 Å². The van der Waals surface area contributed by atoms with Crippen LogP contribution in [0.2, 0.25) is 0 Å². The van der Waals surface area contributed by atoms with Crippen molar-refractivity contribution >= 4 is 41.0 Å². The summed E-state index contributed by atoms with van der Waals surface area (Å²) < 4.78 is 0. The van der Waals surface area contributed by atoms with Crippen LogP contribution >= 0.6 is 0 Å². The Kier molecular flexibility index (Phi) is 7.46. The lowest BCUT2D eigenvalue weighted by Crippen LogP contribution is -2.45. The second kappa shape index (κ2) is 10.2. The van der Waals surface area contributed by atoms with Crippen molar-refractivity contribution in [2.24, 2.45) is 21.8 Å². The van der Waals surface area contributed by atoms with Crippen LogP contribution in [-0.2, 0) is 4.79 Å². The van der Waals surface area contributed by atoms with E-state index in [2.05, 4.69) is 20.8 Å². The number of nitrogens with two attached hydrogens (primary N) is 2. The summed E-state index contributed by atoms with van der Waals surface area (Å²) >= 11 is 0. The van der Waals surface area contributed by atoms with Crippen molar-refractivity contribution < 1.29 is 14.4 Å². The van der Waals surface area contributed by atoms with Gasteiger partial charge in [0.2, 0.25) is 5.91 Å². The second-order valence-corrected chi connectivity index (χ2v) is 6.09. The first-order chi connectivity index (χ1) is 14.4. The third-order valence-electron chi connectivity index (χ3n) is 4.06. The number of carbonyl (C=O) groups excluding carboxylic acids is 3. The Morgan fingerprint density at radius 3 is 2.07 bits per heavy atom. The maximum absolute atomic E-state index is 12.4. The zero-order valence-electron chi connectivity index (χ0n) is 15.8. The van der Waals surface area contributed by atoms with Gasteiger partial charge in [0.25, 0.3) is 11.8 Å². The number of anilines is 1. The summed E-state index contributed by atoms with van der Waals surface area (Å²) in [4.78, 5) is 36.2. The third-order valence-corrected chi connectivity index (χ3v) is 4.06. The highest BCUT2D eigenvalue weighted by atomic mass is 16.2. The zero-order chi connectivity index (χ0) is 22.1. The fourth-order valence-corrected chi connectivity index (χ4v) is 2.42. The van der Waals surface area contributed by atoms with Crippen LogP contribution in [0.3, 0.4) is 0 Å². The van der Waals surface area contributed by atoms with Gasteiger partial charge in [0.05, 0.1) is 11.4 Å². The number of primary amides is 1. The van der Waals surface area contributed by atoms with Crippen LogP contribution in [0.5, 0.6) is 0 Å². The number of hydrogen-bond donors (Lipinski definition) is 6. The number of rotatable bonds is 9. The van der Waals surface area contributed by atoms with E-state index >= 15 is 0 Å². The Labute approximate surface area is 171 Å². The molecule has 3 amide bonds. The Hall–Kier alpha value is -4.41. The molecule has 30 heavy (non-hydrogen) atoms. The van der Waals surface area contributed by atoms with Gasteiger partial charge >= 0.3 is 0 Å². The lowest BCUT2D eigenvalue weighted by atomic mass is 10.1. The lowest BCUT2D eigenvalue weighted by molar-refractivity contribution is -0.119. The summed E-state index contributed by atoms with van der Waals surface area (Å²) in [7, 11) is 0. The van der Waals surface area contributed by atoms with E-state index in [1.54, 1.807) is 24.3 Å². The molecule has 2 rings (SSSR count).